The lowest BCUT2D eigenvalue weighted by Gasteiger charge is -2.25. The zero-order chi connectivity index (χ0) is 22.4. The lowest BCUT2D eigenvalue weighted by atomic mass is 9.94. The molecule has 2 rings (SSSR count). The summed E-state index contributed by atoms with van der Waals surface area (Å²) in [6.45, 7) is 8.66. The molecule has 9 heteroatoms. The summed E-state index contributed by atoms with van der Waals surface area (Å²) < 4.78 is 38.4. The molecule has 0 saturated heterocycles. The number of aromatic nitrogens is 2. The first-order valence-electron chi connectivity index (χ1n) is 9.27. The molecule has 1 unspecified atom stereocenters. The summed E-state index contributed by atoms with van der Waals surface area (Å²) in [4.78, 5) is 18.9. The highest BCUT2D eigenvalue weighted by atomic mass is 19.4. The summed E-state index contributed by atoms with van der Waals surface area (Å²) in [7, 11) is 0. The van der Waals surface area contributed by atoms with Gasteiger partial charge in [0, 0.05) is 0 Å². The number of hydrogen-bond acceptors (Lipinski definition) is 5. The fraction of sp³-hybridized carbons (Fsp3) is 0.450. The van der Waals surface area contributed by atoms with Gasteiger partial charge in [-0.3, -0.25) is 4.79 Å². The Kier molecular flexibility index (Phi) is 8.57. The van der Waals surface area contributed by atoms with E-state index >= 15 is 0 Å². The van der Waals surface area contributed by atoms with Crippen LogP contribution in [0.15, 0.2) is 29.1 Å². The highest BCUT2D eigenvalue weighted by Crippen LogP contribution is 2.32. The predicted molar refractivity (Wildman–Crippen MR) is 108 cm³/mol. The molecule has 0 aliphatic carbocycles. The number of anilines is 1. The molecule has 6 nitrogen and oxygen atoms in total. The smallest absolute Gasteiger partial charge is 0.390 e. The Morgan fingerprint density at radius 2 is 1.79 bits per heavy atom. The molecule has 1 atom stereocenters. The van der Waals surface area contributed by atoms with Crippen molar-refractivity contribution in [1.29, 1.82) is 5.41 Å². The monoisotopic (exact) mass is 412 g/mol. The van der Waals surface area contributed by atoms with Crippen LogP contribution in [0.1, 0.15) is 56.3 Å². The van der Waals surface area contributed by atoms with Crippen LogP contribution in [-0.2, 0) is 6.18 Å². The van der Waals surface area contributed by atoms with Crippen LogP contribution in [0.2, 0.25) is 0 Å². The number of nitrogens with one attached hydrogen (secondary N) is 3. The zero-order valence-corrected chi connectivity index (χ0v) is 17.1. The normalized spacial score (nSPS) is 12.2. The number of benzene rings is 1. The minimum absolute atomic E-state index is 0.0562. The fourth-order valence-electron chi connectivity index (χ4n) is 2.71. The van der Waals surface area contributed by atoms with Gasteiger partial charge in [0.25, 0.3) is 5.56 Å². The number of H-pyrrole nitrogens is 1. The highest BCUT2D eigenvalue weighted by Gasteiger charge is 2.30. The molecule has 160 valence electrons. The average molecular weight is 412 g/mol. The van der Waals surface area contributed by atoms with Gasteiger partial charge in [0.05, 0.1) is 23.9 Å². The largest absolute Gasteiger partial charge is 0.416 e. The van der Waals surface area contributed by atoms with Crippen LogP contribution in [0.3, 0.4) is 0 Å². The molecule has 2 aromatic rings. The van der Waals surface area contributed by atoms with Gasteiger partial charge in [0.2, 0.25) is 0 Å². The predicted octanol–water partition coefficient (Wildman–Crippen LogP) is 4.29. The van der Waals surface area contributed by atoms with E-state index in [1.165, 1.54) is 12.1 Å². The van der Waals surface area contributed by atoms with Gasteiger partial charge in [-0.05, 0) is 30.5 Å². The van der Waals surface area contributed by atoms with Gasteiger partial charge in [0.1, 0.15) is 17.2 Å². The van der Waals surface area contributed by atoms with E-state index < -0.39 is 29.9 Å². The number of aliphatic hydroxyl groups is 1. The third kappa shape index (κ3) is 6.15. The maximum atomic E-state index is 12.8. The van der Waals surface area contributed by atoms with E-state index in [4.69, 9.17) is 5.41 Å². The Morgan fingerprint density at radius 1 is 1.24 bits per heavy atom. The fourth-order valence-corrected chi connectivity index (χ4v) is 2.71. The molecule has 29 heavy (non-hydrogen) atoms. The molecule has 1 heterocycles. The van der Waals surface area contributed by atoms with Crippen molar-refractivity contribution in [2.24, 2.45) is 5.92 Å². The van der Waals surface area contributed by atoms with Gasteiger partial charge in [-0.25, -0.2) is 4.98 Å². The Morgan fingerprint density at radius 3 is 2.24 bits per heavy atom. The lowest BCUT2D eigenvalue weighted by Crippen LogP contribution is -2.27. The highest BCUT2D eigenvalue weighted by molar-refractivity contribution is 6.02. The molecule has 0 amide bonds. The van der Waals surface area contributed by atoms with Crippen LogP contribution in [0.5, 0.6) is 0 Å². The first kappa shape index (κ1) is 24.4. The van der Waals surface area contributed by atoms with Crippen molar-refractivity contribution in [2.75, 3.05) is 11.9 Å². The molecule has 0 aliphatic heterocycles. The molecule has 0 aliphatic rings. The van der Waals surface area contributed by atoms with Crippen molar-refractivity contribution in [3.8, 4) is 0 Å². The Hall–Kier alpha value is -2.68. The van der Waals surface area contributed by atoms with Gasteiger partial charge in [-0.15, -0.1) is 0 Å². The van der Waals surface area contributed by atoms with E-state index in [1.807, 2.05) is 27.7 Å². The second kappa shape index (κ2) is 10.2. The van der Waals surface area contributed by atoms with Crippen LogP contribution in [-0.4, -0.2) is 27.4 Å². The SMILES string of the molecule is CC.Cc1nc(NC(c2ccc(C(F)(F)F)cc2)C(C)C)c(C(=N)CO)c(=O)[nH]1. The molecule has 0 saturated carbocycles. The van der Waals surface area contributed by atoms with Crippen molar-refractivity contribution < 1.29 is 18.3 Å². The number of hydrogen-bond donors (Lipinski definition) is 4. The van der Waals surface area contributed by atoms with Crippen molar-refractivity contribution >= 4 is 11.5 Å². The van der Waals surface area contributed by atoms with Crippen LogP contribution in [0, 0.1) is 18.3 Å². The van der Waals surface area contributed by atoms with Crippen LogP contribution >= 0.6 is 0 Å². The number of nitrogens with zero attached hydrogens (tertiary/aromatic N) is 1. The van der Waals surface area contributed by atoms with Crippen molar-refractivity contribution in [1.82, 2.24) is 9.97 Å². The number of alkyl halides is 3. The molecule has 4 N–H and O–H groups in total. The number of aryl methyl sites for hydroxylation is 1. The van der Waals surface area contributed by atoms with Crippen LogP contribution in [0.4, 0.5) is 19.0 Å². The number of rotatable bonds is 6. The molecule has 1 aromatic carbocycles. The third-order valence-electron chi connectivity index (χ3n) is 4.05. The molecular formula is C20H27F3N4O2. The van der Waals surface area contributed by atoms with Crippen molar-refractivity contribution in [3.05, 3.63) is 57.1 Å². The van der Waals surface area contributed by atoms with E-state index in [9.17, 15) is 23.1 Å². The van der Waals surface area contributed by atoms with E-state index in [-0.39, 0.29) is 23.0 Å². The molecule has 0 fully saturated rings. The first-order valence-corrected chi connectivity index (χ1v) is 9.27. The number of halogens is 3. The molecule has 1 aromatic heterocycles. The zero-order valence-electron chi connectivity index (χ0n) is 17.1. The second-order valence-electron chi connectivity index (χ2n) is 6.50. The third-order valence-corrected chi connectivity index (χ3v) is 4.05. The van der Waals surface area contributed by atoms with Gasteiger partial charge in [-0.1, -0.05) is 39.8 Å². The lowest BCUT2D eigenvalue weighted by molar-refractivity contribution is -0.137. The maximum Gasteiger partial charge on any atom is 0.416 e. The van der Waals surface area contributed by atoms with Gasteiger partial charge < -0.3 is 20.8 Å². The molecule has 0 radical (unpaired) electrons. The quantitative estimate of drug-likeness (QED) is 0.532. The topological polar surface area (TPSA) is 102 Å². The van der Waals surface area contributed by atoms with E-state index in [0.717, 1.165) is 12.1 Å². The number of aromatic amines is 1. The molecule has 0 bridgehead atoms. The van der Waals surface area contributed by atoms with Gasteiger partial charge in [-0.2, -0.15) is 13.2 Å². The summed E-state index contributed by atoms with van der Waals surface area (Å²) in [5.41, 5.74) is -1.14. The minimum atomic E-state index is -4.42. The van der Waals surface area contributed by atoms with Gasteiger partial charge >= 0.3 is 6.18 Å². The summed E-state index contributed by atoms with van der Waals surface area (Å²) in [6, 6.07) is 4.29. The Labute approximate surface area is 167 Å². The molecular weight excluding hydrogens is 385 g/mol. The van der Waals surface area contributed by atoms with Crippen molar-refractivity contribution in [2.45, 2.75) is 46.8 Å². The van der Waals surface area contributed by atoms with E-state index in [0.29, 0.717) is 11.4 Å². The Balaban J connectivity index is 0.00000204. The average Bonchev–Trinajstić information content (AvgIpc) is 2.66. The standard InChI is InChI=1S/C18H21F3N4O2.C2H6/c1-9(2)15(11-4-6-12(7-5-11)18(19,20)21)25-16-14(13(22)8-26)17(27)24-10(3)23-16;1-2/h4-7,9,15,22,26H,8H2,1-3H3,(H2,23,24,25,27);1-2H3. The first-order chi connectivity index (χ1) is 13.5. The summed E-state index contributed by atoms with van der Waals surface area (Å²) in [6.07, 6.45) is -4.42. The van der Waals surface area contributed by atoms with Crippen LogP contribution < -0.4 is 10.9 Å². The summed E-state index contributed by atoms with van der Waals surface area (Å²) in [5, 5.41) is 20.1. The second-order valence-corrected chi connectivity index (χ2v) is 6.50. The number of aliphatic hydroxyl groups excluding tert-OH is 1. The van der Waals surface area contributed by atoms with Gasteiger partial charge in [0.15, 0.2) is 0 Å². The summed E-state index contributed by atoms with van der Waals surface area (Å²) >= 11 is 0. The van der Waals surface area contributed by atoms with E-state index in [2.05, 4.69) is 15.3 Å². The minimum Gasteiger partial charge on any atom is -0.390 e. The molecule has 0 spiro atoms. The Bertz CT molecular complexity index is 875. The maximum absolute atomic E-state index is 12.8. The van der Waals surface area contributed by atoms with E-state index in [1.54, 1.807) is 6.92 Å². The van der Waals surface area contributed by atoms with Crippen LogP contribution in [0.25, 0.3) is 0 Å². The summed E-state index contributed by atoms with van der Waals surface area (Å²) in [5.74, 6) is 0.361. The van der Waals surface area contributed by atoms with Crippen molar-refractivity contribution in [3.63, 3.8) is 0 Å².